The first-order chi connectivity index (χ1) is 18.3. The van der Waals surface area contributed by atoms with Crippen molar-refractivity contribution < 1.29 is 24.3 Å². The second-order valence-corrected chi connectivity index (χ2v) is 9.48. The molecule has 0 aromatic heterocycles. The molecule has 0 aliphatic carbocycles. The highest BCUT2D eigenvalue weighted by Gasteiger charge is 2.31. The second kappa shape index (κ2) is 19.4. The first kappa shape index (κ1) is 35.3. The number of guanidine groups is 2. The van der Waals surface area contributed by atoms with Crippen LogP contribution in [0.15, 0.2) is 9.98 Å². The quantitative estimate of drug-likeness (QED) is 0.0402. The molecule has 0 spiro atoms. The van der Waals surface area contributed by atoms with Gasteiger partial charge >= 0.3 is 5.97 Å². The molecule has 0 aliphatic heterocycles. The maximum Gasteiger partial charge on any atom is 0.326 e. The zero-order valence-electron chi connectivity index (χ0n) is 22.9. The Bertz CT molecular complexity index is 842. The van der Waals surface area contributed by atoms with E-state index >= 15 is 0 Å². The molecule has 39 heavy (non-hydrogen) atoms. The normalized spacial score (nSPS) is 13.9. The third-order valence-electron chi connectivity index (χ3n) is 5.69. The van der Waals surface area contributed by atoms with Gasteiger partial charge in [-0.05, 0) is 57.4 Å². The van der Waals surface area contributed by atoms with Gasteiger partial charge in [0.1, 0.15) is 18.1 Å². The van der Waals surface area contributed by atoms with Gasteiger partial charge in [0.05, 0.1) is 6.04 Å². The van der Waals surface area contributed by atoms with Gasteiger partial charge in [-0.1, -0.05) is 13.8 Å². The average molecular weight is 558 g/mol. The van der Waals surface area contributed by atoms with Crippen LogP contribution in [0.5, 0.6) is 0 Å². The summed E-state index contributed by atoms with van der Waals surface area (Å²) in [4.78, 5) is 58.2. The Balaban J connectivity index is 5.57. The van der Waals surface area contributed by atoms with E-state index in [9.17, 15) is 24.3 Å². The van der Waals surface area contributed by atoms with Crippen LogP contribution < -0.4 is 50.4 Å². The van der Waals surface area contributed by atoms with E-state index in [0.717, 1.165) is 0 Å². The number of rotatable bonds is 20. The third-order valence-corrected chi connectivity index (χ3v) is 5.69. The van der Waals surface area contributed by atoms with E-state index in [1.807, 2.05) is 0 Å². The Kier molecular flexibility index (Phi) is 17.6. The maximum absolute atomic E-state index is 13.2. The van der Waals surface area contributed by atoms with E-state index in [4.69, 9.17) is 34.4 Å². The lowest BCUT2D eigenvalue weighted by Crippen LogP contribution is -2.57. The molecule has 0 rings (SSSR count). The van der Waals surface area contributed by atoms with Gasteiger partial charge in [0.15, 0.2) is 11.9 Å². The topological polar surface area (TPSA) is 305 Å². The second-order valence-electron chi connectivity index (χ2n) is 9.48. The first-order valence-corrected chi connectivity index (χ1v) is 13.0. The highest BCUT2D eigenvalue weighted by Crippen LogP contribution is 2.08. The molecule has 0 aromatic carbocycles. The number of nitrogens with two attached hydrogens (primary N) is 6. The van der Waals surface area contributed by atoms with Crippen molar-refractivity contribution >= 4 is 35.6 Å². The van der Waals surface area contributed by atoms with Gasteiger partial charge in [-0.15, -0.1) is 0 Å². The zero-order valence-corrected chi connectivity index (χ0v) is 22.9. The number of aliphatic imine (C=N–C) groups is 2. The number of unbranched alkanes of at least 4 members (excludes halogenated alkanes) is 1. The van der Waals surface area contributed by atoms with E-state index in [1.165, 1.54) is 0 Å². The SMILES string of the molecule is CC(C)C(NC(=O)C(CCCN=C(N)N)NC(=O)C(CCCCN)NC(=O)C(N)CCCN=C(N)N)C(=O)O. The number of hydrogen-bond acceptors (Lipinski definition) is 8. The fraction of sp³-hybridized carbons (Fsp3) is 0.739. The van der Waals surface area contributed by atoms with E-state index in [1.54, 1.807) is 13.8 Å². The molecule has 0 saturated carbocycles. The van der Waals surface area contributed by atoms with Crippen LogP contribution in [0.2, 0.25) is 0 Å². The molecule has 0 radical (unpaired) electrons. The molecular weight excluding hydrogens is 510 g/mol. The summed E-state index contributed by atoms with van der Waals surface area (Å²) in [5, 5.41) is 17.2. The fourth-order valence-electron chi connectivity index (χ4n) is 3.50. The maximum atomic E-state index is 13.2. The number of hydrogen-bond donors (Lipinski definition) is 10. The summed E-state index contributed by atoms with van der Waals surface area (Å²) < 4.78 is 0. The minimum Gasteiger partial charge on any atom is -0.480 e. The van der Waals surface area contributed by atoms with Gasteiger partial charge in [0.25, 0.3) is 0 Å². The molecular formula is C23H47N11O5. The van der Waals surface area contributed by atoms with Crippen LogP contribution in [0.1, 0.15) is 58.8 Å². The standard InChI is InChI=1S/C23H47N11O5/c1-13(2)17(21(38)39)34-20(37)16(9-6-12-31-23(28)29)33-19(36)15(8-3-4-10-24)32-18(35)14(25)7-5-11-30-22(26)27/h13-17H,3-12,24-25H2,1-2H3,(H,32,35)(H,33,36)(H,34,37)(H,38,39)(H4,26,27,30)(H4,28,29,31). The lowest BCUT2D eigenvalue weighted by Gasteiger charge is -2.26. The summed E-state index contributed by atoms with van der Waals surface area (Å²) >= 11 is 0. The molecule has 224 valence electrons. The number of aliphatic carboxylic acids is 1. The van der Waals surface area contributed by atoms with Gasteiger partial charge in [-0.25, -0.2) is 4.79 Å². The molecule has 0 heterocycles. The molecule has 16 heteroatoms. The van der Waals surface area contributed by atoms with Crippen molar-refractivity contribution in [3.05, 3.63) is 0 Å². The van der Waals surface area contributed by atoms with Crippen molar-refractivity contribution in [2.24, 2.45) is 50.3 Å². The molecule has 0 saturated heterocycles. The highest BCUT2D eigenvalue weighted by atomic mass is 16.4. The lowest BCUT2D eigenvalue weighted by atomic mass is 10.0. The fourth-order valence-corrected chi connectivity index (χ4v) is 3.50. The summed E-state index contributed by atoms with van der Waals surface area (Å²) in [6.07, 6.45) is 2.57. The van der Waals surface area contributed by atoms with Gasteiger partial charge in [0, 0.05) is 13.1 Å². The minimum atomic E-state index is -1.20. The third kappa shape index (κ3) is 16.0. The molecule has 4 unspecified atom stereocenters. The van der Waals surface area contributed by atoms with Crippen LogP contribution in [-0.2, 0) is 19.2 Å². The monoisotopic (exact) mass is 557 g/mol. The van der Waals surface area contributed by atoms with Crippen LogP contribution >= 0.6 is 0 Å². The van der Waals surface area contributed by atoms with Crippen LogP contribution in [-0.4, -0.2) is 84.5 Å². The molecule has 0 fully saturated rings. The molecule has 16 N–H and O–H groups in total. The van der Waals surface area contributed by atoms with Crippen molar-refractivity contribution in [2.45, 2.75) is 83.0 Å². The smallest absolute Gasteiger partial charge is 0.326 e. The summed E-state index contributed by atoms with van der Waals surface area (Å²) in [6.45, 7) is 4.19. The molecule has 4 atom stereocenters. The molecule has 16 nitrogen and oxygen atoms in total. The van der Waals surface area contributed by atoms with E-state index in [0.29, 0.717) is 38.8 Å². The number of carboxylic acid groups (broad SMARTS) is 1. The van der Waals surface area contributed by atoms with Crippen molar-refractivity contribution in [1.29, 1.82) is 0 Å². The van der Waals surface area contributed by atoms with E-state index in [2.05, 4.69) is 25.9 Å². The number of amides is 3. The van der Waals surface area contributed by atoms with Crippen molar-refractivity contribution in [2.75, 3.05) is 19.6 Å². The molecule has 0 aromatic rings. The molecule has 3 amide bonds. The Labute approximate surface area is 229 Å². The average Bonchev–Trinajstić information content (AvgIpc) is 2.85. The summed E-state index contributed by atoms with van der Waals surface area (Å²) in [5.74, 6) is -3.64. The van der Waals surface area contributed by atoms with E-state index in [-0.39, 0.29) is 37.7 Å². The minimum absolute atomic E-state index is 0.0652. The number of nitrogens with one attached hydrogen (secondary N) is 3. The number of carboxylic acids is 1. The van der Waals surface area contributed by atoms with Crippen molar-refractivity contribution in [3.8, 4) is 0 Å². The van der Waals surface area contributed by atoms with Crippen LogP contribution in [0, 0.1) is 5.92 Å². The summed E-state index contributed by atoms with van der Waals surface area (Å²) in [5.41, 5.74) is 32.8. The Morgan fingerprint density at radius 1 is 0.718 bits per heavy atom. The number of carbonyl (C=O) groups excluding carboxylic acids is 3. The van der Waals surface area contributed by atoms with Crippen molar-refractivity contribution in [1.82, 2.24) is 16.0 Å². The van der Waals surface area contributed by atoms with Crippen LogP contribution in [0.4, 0.5) is 0 Å². The highest BCUT2D eigenvalue weighted by molar-refractivity contribution is 5.94. The van der Waals surface area contributed by atoms with Gasteiger partial charge in [-0.3, -0.25) is 24.4 Å². The lowest BCUT2D eigenvalue weighted by molar-refractivity contribution is -0.143. The number of nitrogens with zero attached hydrogens (tertiary/aromatic N) is 2. The van der Waals surface area contributed by atoms with Crippen LogP contribution in [0.3, 0.4) is 0 Å². The van der Waals surface area contributed by atoms with E-state index < -0.39 is 53.8 Å². The Morgan fingerprint density at radius 2 is 1.18 bits per heavy atom. The Morgan fingerprint density at radius 3 is 1.64 bits per heavy atom. The van der Waals surface area contributed by atoms with Crippen molar-refractivity contribution in [3.63, 3.8) is 0 Å². The summed E-state index contributed by atoms with van der Waals surface area (Å²) in [6, 6.07) is -4.17. The van der Waals surface area contributed by atoms with Gasteiger partial charge < -0.3 is 55.5 Å². The Hall–Kier alpha value is -3.66. The molecule has 0 bridgehead atoms. The number of carbonyl (C=O) groups is 4. The zero-order chi connectivity index (χ0) is 30.0. The first-order valence-electron chi connectivity index (χ1n) is 13.0. The molecule has 0 aliphatic rings. The summed E-state index contributed by atoms with van der Waals surface area (Å²) in [7, 11) is 0. The van der Waals surface area contributed by atoms with Gasteiger partial charge in [-0.2, -0.15) is 0 Å². The van der Waals surface area contributed by atoms with Gasteiger partial charge in [0.2, 0.25) is 17.7 Å². The predicted octanol–water partition coefficient (Wildman–Crippen LogP) is -3.26. The largest absolute Gasteiger partial charge is 0.480 e. The van der Waals surface area contributed by atoms with Crippen LogP contribution in [0.25, 0.3) is 0 Å². The predicted molar refractivity (Wildman–Crippen MR) is 149 cm³/mol.